The topological polar surface area (TPSA) is 153 Å². The van der Waals surface area contributed by atoms with Crippen LogP contribution in [0.4, 0.5) is 4.79 Å². The van der Waals surface area contributed by atoms with Gasteiger partial charge in [-0.25, -0.2) is 4.79 Å². The summed E-state index contributed by atoms with van der Waals surface area (Å²) in [6, 6.07) is 6.35. The number of allylic oxidation sites excluding steroid dienone is 1. The molecule has 1 aliphatic heterocycles. The Morgan fingerprint density at radius 2 is 1.43 bits per heavy atom. The van der Waals surface area contributed by atoms with Crippen molar-refractivity contribution in [2.75, 3.05) is 6.61 Å². The summed E-state index contributed by atoms with van der Waals surface area (Å²) in [5.74, 6) is -2.63. The van der Waals surface area contributed by atoms with E-state index in [1.165, 1.54) is 24.2 Å². The fourth-order valence-corrected chi connectivity index (χ4v) is 3.66. The van der Waals surface area contributed by atoms with Crippen LogP contribution in [-0.2, 0) is 54.2 Å². The first-order valence-corrected chi connectivity index (χ1v) is 12.2. The van der Waals surface area contributed by atoms with Crippen molar-refractivity contribution in [3.8, 4) is 5.75 Å². The van der Waals surface area contributed by atoms with Gasteiger partial charge in [0.05, 0.1) is 0 Å². The van der Waals surface area contributed by atoms with Crippen molar-refractivity contribution in [1.82, 2.24) is 4.90 Å². The third kappa shape index (κ3) is 9.73. The van der Waals surface area contributed by atoms with Crippen LogP contribution < -0.4 is 4.74 Å². The summed E-state index contributed by atoms with van der Waals surface area (Å²) < 4.78 is 38.2. The van der Waals surface area contributed by atoms with Crippen LogP contribution in [0.1, 0.15) is 40.2 Å². The second kappa shape index (κ2) is 15.3. The monoisotopic (exact) mass is 563 g/mol. The van der Waals surface area contributed by atoms with Gasteiger partial charge < -0.3 is 33.2 Å². The summed E-state index contributed by atoms with van der Waals surface area (Å²) in [4.78, 5) is 60.5. The number of esters is 4. The number of rotatable bonds is 11. The summed E-state index contributed by atoms with van der Waals surface area (Å²) in [6.45, 7) is 9.44. The smallest absolute Gasteiger partial charge is 0.418 e. The lowest BCUT2D eigenvalue weighted by Crippen LogP contribution is -2.63. The predicted octanol–water partition coefficient (Wildman–Crippen LogP) is 2.76. The molecule has 1 heterocycles. The predicted molar refractivity (Wildman–Crippen MR) is 136 cm³/mol. The van der Waals surface area contributed by atoms with E-state index in [9.17, 15) is 24.0 Å². The highest BCUT2D eigenvalue weighted by molar-refractivity contribution is 5.70. The van der Waals surface area contributed by atoms with E-state index in [4.69, 9.17) is 33.2 Å². The van der Waals surface area contributed by atoms with E-state index in [0.29, 0.717) is 5.56 Å². The highest BCUT2D eigenvalue weighted by atomic mass is 16.7. The normalized spacial score (nSPS) is 22.0. The zero-order chi connectivity index (χ0) is 29.8. The SMILES string of the molecule is C=CN(/C=C\C)C(=O)OCc1ccc(O[C@@H]2OC(COC(C)=O)[C@H](OC(C)=O)C(OC(C)=O)[C@@H]2OC(C)=O)cc1. The lowest BCUT2D eigenvalue weighted by molar-refractivity contribution is -0.288. The van der Waals surface area contributed by atoms with Crippen LogP contribution in [0.25, 0.3) is 0 Å². The molecule has 0 spiro atoms. The Morgan fingerprint density at radius 1 is 0.850 bits per heavy atom. The first-order chi connectivity index (χ1) is 18.9. The zero-order valence-electron chi connectivity index (χ0n) is 22.9. The Balaban J connectivity index is 2.29. The maximum Gasteiger partial charge on any atom is 0.418 e. The molecule has 1 aromatic rings. The largest absolute Gasteiger partial charge is 0.463 e. The van der Waals surface area contributed by atoms with E-state index in [0.717, 1.165) is 20.8 Å². The Kier molecular flexibility index (Phi) is 12.1. The highest BCUT2D eigenvalue weighted by Gasteiger charge is 2.53. The molecule has 2 unspecified atom stereocenters. The minimum atomic E-state index is -1.37. The molecule has 0 radical (unpaired) electrons. The van der Waals surface area contributed by atoms with Crippen LogP contribution in [0.3, 0.4) is 0 Å². The molecule has 0 bridgehead atoms. The molecule has 13 heteroatoms. The molecule has 40 heavy (non-hydrogen) atoms. The van der Waals surface area contributed by atoms with E-state index in [1.807, 2.05) is 0 Å². The fourth-order valence-electron chi connectivity index (χ4n) is 3.66. The van der Waals surface area contributed by atoms with Gasteiger partial charge in [0.15, 0.2) is 12.2 Å². The van der Waals surface area contributed by atoms with Gasteiger partial charge >= 0.3 is 30.0 Å². The molecule has 1 amide bonds. The molecular formula is C27H33NO12. The first-order valence-electron chi connectivity index (χ1n) is 12.2. The molecule has 218 valence electrons. The van der Waals surface area contributed by atoms with Crippen LogP contribution in [0.15, 0.2) is 49.3 Å². The number of carbonyl (C=O) groups excluding carboxylic acids is 5. The van der Waals surface area contributed by atoms with Gasteiger partial charge in [0, 0.05) is 40.1 Å². The molecule has 0 aliphatic carbocycles. The Bertz CT molecular complexity index is 1100. The summed E-state index contributed by atoms with van der Waals surface area (Å²) in [5, 5.41) is 0. The lowest BCUT2D eigenvalue weighted by Gasteiger charge is -2.43. The standard InChI is InChI=1S/C27H33NO12/c1-7-13-28(8-2)27(33)35-14-20-9-11-21(12-10-20)39-26-25(38-19(6)32)24(37-18(5)31)23(36-17(4)30)22(40-26)15-34-16(3)29/h7-13,22-26H,2,14-15H2,1,3-6H3/b13-7-/t22?,23-,24?,25-,26+/m0/s1. The fraction of sp³-hybridized carbons (Fsp3) is 0.444. The molecule has 5 atom stereocenters. The first kappa shape index (κ1) is 31.8. The van der Waals surface area contributed by atoms with Gasteiger partial charge in [-0.05, 0) is 24.6 Å². The van der Waals surface area contributed by atoms with Crippen LogP contribution in [0.2, 0.25) is 0 Å². The van der Waals surface area contributed by atoms with Gasteiger partial charge in [0.2, 0.25) is 12.4 Å². The molecule has 0 N–H and O–H groups in total. The Hall–Kier alpha value is -4.39. The van der Waals surface area contributed by atoms with Gasteiger partial charge in [-0.2, -0.15) is 0 Å². The van der Waals surface area contributed by atoms with E-state index >= 15 is 0 Å². The molecule has 2 rings (SSSR count). The number of carbonyl (C=O) groups is 5. The van der Waals surface area contributed by atoms with Crippen molar-refractivity contribution in [2.45, 2.75) is 71.9 Å². The minimum Gasteiger partial charge on any atom is -0.463 e. The second-order valence-electron chi connectivity index (χ2n) is 8.46. The van der Waals surface area contributed by atoms with E-state index in [1.54, 1.807) is 37.3 Å². The van der Waals surface area contributed by atoms with Crippen molar-refractivity contribution < 1.29 is 57.1 Å². The van der Waals surface area contributed by atoms with Crippen LogP contribution in [0, 0.1) is 0 Å². The number of nitrogens with zero attached hydrogens (tertiary/aromatic N) is 1. The van der Waals surface area contributed by atoms with Crippen LogP contribution in [0.5, 0.6) is 5.75 Å². The van der Waals surface area contributed by atoms with Gasteiger partial charge in [-0.1, -0.05) is 24.8 Å². The van der Waals surface area contributed by atoms with Crippen LogP contribution in [-0.4, -0.2) is 72.2 Å². The summed E-state index contributed by atoms with van der Waals surface area (Å²) in [7, 11) is 0. The van der Waals surface area contributed by atoms with Gasteiger partial charge in [0.1, 0.15) is 25.1 Å². The minimum absolute atomic E-state index is 0.0416. The Labute approximate surface area is 231 Å². The number of hydrogen-bond donors (Lipinski definition) is 0. The lowest BCUT2D eigenvalue weighted by atomic mass is 9.98. The van der Waals surface area contributed by atoms with E-state index in [2.05, 4.69) is 6.58 Å². The average molecular weight is 564 g/mol. The zero-order valence-corrected chi connectivity index (χ0v) is 22.9. The van der Waals surface area contributed by atoms with Crippen molar-refractivity contribution >= 4 is 30.0 Å². The van der Waals surface area contributed by atoms with Crippen molar-refractivity contribution in [3.05, 3.63) is 54.9 Å². The van der Waals surface area contributed by atoms with Crippen LogP contribution >= 0.6 is 0 Å². The summed E-state index contributed by atoms with van der Waals surface area (Å²) >= 11 is 0. The quantitative estimate of drug-likeness (QED) is 0.287. The highest BCUT2D eigenvalue weighted by Crippen LogP contribution is 2.31. The molecular weight excluding hydrogens is 530 g/mol. The molecule has 13 nitrogen and oxygen atoms in total. The summed E-state index contributed by atoms with van der Waals surface area (Å²) in [6.07, 6.45) is -2.67. The number of benzene rings is 1. The molecule has 0 aromatic heterocycles. The molecule has 1 saturated heterocycles. The van der Waals surface area contributed by atoms with Gasteiger partial charge in [-0.15, -0.1) is 0 Å². The van der Waals surface area contributed by atoms with Gasteiger partial charge in [-0.3, -0.25) is 24.1 Å². The third-order valence-corrected chi connectivity index (χ3v) is 5.20. The van der Waals surface area contributed by atoms with Gasteiger partial charge in [0.25, 0.3) is 0 Å². The average Bonchev–Trinajstić information content (AvgIpc) is 2.88. The Morgan fingerprint density at radius 3 is 1.95 bits per heavy atom. The maximum atomic E-state index is 12.1. The third-order valence-electron chi connectivity index (χ3n) is 5.20. The van der Waals surface area contributed by atoms with E-state index in [-0.39, 0.29) is 19.0 Å². The summed E-state index contributed by atoms with van der Waals surface area (Å²) in [5.41, 5.74) is 0.631. The number of ether oxygens (including phenoxy) is 7. The molecule has 1 fully saturated rings. The van der Waals surface area contributed by atoms with E-state index < -0.39 is 60.7 Å². The molecule has 0 saturated carbocycles. The van der Waals surface area contributed by atoms with Crippen molar-refractivity contribution in [2.24, 2.45) is 0 Å². The number of hydrogen-bond acceptors (Lipinski definition) is 12. The van der Waals surface area contributed by atoms with Crippen molar-refractivity contribution in [1.29, 1.82) is 0 Å². The molecule has 1 aliphatic rings. The maximum absolute atomic E-state index is 12.1. The molecule has 1 aromatic carbocycles. The second-order valence-corrected chi connectivity index (χ2v) is 8.46. The number of amides is 1. The van der Waals surface area contributed by atoms with Crippen molar-refractivity contribution in [3.63, 3.8) is 0 Å².